The van der Waals surface area contributed by atoms with Crippen LogP contribution in [0, 0.1) is 3.57 Å². The van der Waals surface area contributed by atoms with Gasteiger partial charge in [0.2, 0.25) is 0 Å². The van der Waals surface area contributed by atoms with Crippen LogP contribution in [0.25, 0.3) is 0 Å². The van der Waals surface area contributed by atoms with Crippen molar-refractivity contribution >= 4 is 40.0 Å². The molecule has 0 aliphatic heterocycles. The minimum absolute atomic E-state index is 0.0521. The third-order valence-corrected chi connectivity index (χ3v) is 3.90. The molecule has 4 heteroatoms. The highest BCUT2D eigenvalue weighted by Gasteiger charge is 2.08. The smallest absolute Gasteiger partial charge is 0.167 e. The molecule has 1 aromatic carbocycles. The first kappa shape index (κ1) is 12.5. The molecule has 86 valence electrons. The Morgan fingerprint density at radius 3 is 2.82 bits per heavy atom. The summed E-state index contributed by atoms with van der Waals surface area (Å²) in [7, 11) is 0. The van der Waals surface area contributed by atoms with Crippen LogP contribution in [-0.4, -0.2) is 10.8 Å². The van der Waals surface area contributed by atoms with E-state index in [1.165, 1.54) is 0 Å². The van der Waals surface area contributed by atoms with Gasteiger partial charge in [-0.3, -0.25) is 9.78 Å². The number of nitrogens with zero attached hydrogens (tertiary/aromatic N) is 1. The number of hydrogen-bond acceptors (Lipinski definition) is 2. The van der Waals surface area contributed by atoms with Gasteiger partial charge in [0.05, 0.1) is 5.02 Å². The van der Waals surface area contributed by atoms with E-state index in [4.69, 9.17) is 11.6 Å². The van der Waals surface area contributed by atoms with Gasteiger partial charge in [0.25, 0.3) is 0 Å². The van der Waals surface area contributed by atoms with Gasteiger partial charge in [0.15, 0.2) is 5.78 Å². The number of carbonyl (C=O) groups is 1. The average molecular weight is 358 g/mol. The van der Waals surface area contributed by atoms with Crippen LogP contribution in [-0.2, 0) is 6.42 Å². The molecule has 0 bridgehead atoms. The van der Waals surface area contributed by atoms with Crippen LogP contribution < -0.4 is 0 Å². The van der Waals surface area contributed by atoms with E-state index < -0.39 is 0 Å². The highest BCUT2D eigenvalue weighted by molar-refractivity contribution is 14.1. The monoisotopic (exact) mass is 357 g/mol. The average Bonchev–Trinajstić information content (AvgIpc) is 2.34. The number of halogens is 2. The fourth-order valence-corrected chi connectivity index (χ4v) is 1.98. The molecule has 0 saturated carbocycles. The summed E-state index contributed by atoms with van der Waals surface area (Å²) in [6, 6.07) is 9.07. The van der Waals surface area contributed by atoms with Gasteiger partial charge < -0.3 is 0 Å². The number of aromatic nitrogens is 1. The van der Waals surface area contributed by atoms with Crippen LogP contribution >= 0.6 is 34.2 Å². The van der Waals surface area contributed by atoms with Crippen molar-refractivity contribution in [3.63, 3.8) is 0 Å². The molecule has 2 aromatic rings. The van der Waals surface area contributed by atoms with Crippen LogP contribution in [0.1, 0.15) is 15.9 Å². The Morgan fingerprint density at radius 2 is 2.18 bits per heavy atom. The predicted octanol–water partition coefficient (Wildman–Crippen LogP) is 3.77. The second-order valence-corrected chi connectivity index (χ2v) is 5.16. The molecule has 0 radical (unpaired) electrons. The number of Topliss-reactive ketones (excluding diaryl/α,β-unsaturated/α-hetero) is 1. The molecular weight excluding hydrogens is 349 g/mol. The summed E-state index contributed by atoms with van der Waals surface area (Å²) in [6.45, 7) is 0. The fourth-order valence-electron chi connectivity index (χ4n) is 1.46. The van der Waals surface area contributed by atoms with E-state index in [0.717, 1.165) is 9.13 Å². The van der Waals surface area contributed by atoms with Crippen LogP contribution in [0.5, 0.6) is 0 Å². The minimum Gasteiger partial charge on any atom is -0.294 e. The quantitative estimate of drug-likeness (QED) is 0.618. The van der Waals surface area contributed by atoms with Gasteiger partial charge in [-0.25, -0.2) is 0 Å². The number of hydrogen-bond donors (Lipinski definition) is 0. The van der Waals surface area contributed by atoms with Gasteiger partial charge in [0.1, 0.15) is 0 Å². The Labute approximate surface area is 118 Å². The lowest BCUT2D eigenvalue weighted by Crippen LogP contribution is -2.03. The molecule has 0 spiro atoms. The van der Waals surface area contributed by atoms with Crippen molar-refractivity contribution in [1.29, 1.82) is 0 Å². The summed E-state index contributed by atoms with van der Waals surface area (Å²) in [4.78, 5) is 16.0. The van der Waals surface area contributed by atoms with E-state index in [1.807, 2.05) is 18.2 Å². The molecular formula is C13H9ClINO. The van der Waals surface area contributed by atoms with Gasteiger partial charge in [-0.05, 0) is 46.4 Å². The zero-order chi connectivity index (χ0) is 12.3. The van der Waals surface area contributed by atoms with E-state index >= 15 is 0 Å². The lowest BCUT2D eigenvalue weighted by molar-refractivity contribution is 0.0993. The maximum Gasteiger partial charge on any atom is 0.167 e. The Kier molecular flexibility index (Phi) is 4.12. The van der Waals surface area contributed by atoms with Gasteiger partial charge >= 0.3 is 0 Å². The van der Waals surface area contributed by atoms with E-state index in [-0.39, 0.29) is 5.78 Å². The highest BCUT2D eigenvalue weighted by Crippen LogP contribution is 2.20. The molecule has 0 fully saturated rings. The van der Waals surface area contributed by atoms with Gasteiger partial charge in [-0.15, -0.1) is 0 Å². The van der Waals surface area contributed by atoms with Crippen LogP contribution in [0.2, 0.25) is 5.02 Å². The lowest BCUT2D eigenvalue weighted by atomic mass is 10.0. The van der Waals surface area contributed by atoms with Crippen LogP contribution in [0.3, 0.4) is 0 Å². The first-order chi connectivity index (χ1) is 8.16. The largest absolute Gasteiger partial charge is 0.294 e. The third-order valence-electron chi connectivity index (χ3n) is 2.33. The lowest BCUT2D eigenvalue weighted by Gasteiger charge is -2.03. The molecule has 0 N–H and O–H groups in total. The molecule has 2 rings (SSSR count). The van der Waals surface area contributed by atoms with Crippen molar-refractivity contribution in [2.45, 2.75) is 6.42 Å². The number of pyridine rings is 1. The van der Waals surface area contributed by atoms with Crippen molar-refractivity contribution in [2.75, 3.05) is 0 Å². The standard InChI is InChI=1S/C13H9ClINO/c14-11-7-10(3-4-12(11)15)13(17)6-9-2-1-5-16-8-9/h1-5,7-8H,6H2. The molecule has 1 heterocycles. The Hall–Kier alpha value is -0.940. The van der Waals surface area contributed by atoms with Crippen molar-refractivity contribution < 1.29 is 4.79 Å². The normalized spacial score (nSPS) is 10.2. The first-order valence-corrected chi connectivity index (χ1v) is 6.49. The van der Waals surface area contributed by atoms with Crippen molar-refractivity contribution in [3.05, 3.63) is 62.4 Å². The topological polar surface area (TPSA) is 30.0 Å². The van der Waals surface area contributed by atoms with Crippen LogP contribution in [0.15, 0.2) is 42.7 Å². The van der Waals surface area contributed by atoms with E-state index in [9.17, 15) is 4.79 Å². The number of carbonyl (C=O) groups excluding carboxylic acids is 1. The molecule has 17 heavy (non-hydrogen) atoms. The van der Waals surface area contributed by atoms with E-state index in [0.29, 0.717) is 17.0 Å². The van der Waals surface area contributed by atoms with E-state index in [2.05, 4.69) is 27.6 Å². The SMILES string of the molecule is O=C(Cc1cccnc1)c1ccc(I)c(Cl)c1. The maximum atomic E-state index is 12.0. The molecule has 0 aliphatic carbocycles. The van der Waals surface area contributed by atoms with Gasteiger partial charge in [-0.2, -0.15) is 0 Å². The Balaban J connectivity index is 2.18. The summed E-state index contributed by atoms with van der Waals surface area (Å²) in [6.07, 6.45) is 3.74. The van der Waals surface area contributed by atoms with E-state index in [1.54, 1.807) is 24.5 Å². The number of rotatable bonds is 3. The molecule has 0 amide bonds. The third kappa shape index (κ3) is 3.26. The second-order valence-electron chi connectivity index (χ2n) is 3.59. The zero-order valence-corrected chi connectivity index (χ0v) is 11.8. The van der Waals surface area contributed by atoms with Crippen molar-refractivity contribution in [3.8, 4) is 0 Å². The Morgan fingerprint density at radius 1 is 1.35 bits per heavy atom. The summed E-state index contributed by atoms with van der Waals surface area (Å²) >= 11 is 8.12. The molecule has 0 atom stereocenters. The summed E-state index contributed by atoms with van der Waals surface area (Å²) in [5.74, 6) is 0.0521. The number of benzene rings is 1. The Bertz CT molecular complexity index is 542. The number of ketones is 1. The fraction of sp³-hybridized carbons (Fsp3) is 0.0769. The minimum atomic E-state index is 0.0521. The molecule has 0 saturated heterocycles. The molecule has 1 aromatic heterocycles. The molecule has 2 nitrogen and oxygen atoms in total. The summed E-state index contributed by atoms with van der Waals surface area (Å²) in [5, 5.41) is 0.614. The zero-order valence-electron chi connectivity index (χ0n) is 8.86. The van der Waals surface area contributed by atoms with Crippen molar-refractivity contribution in [1.82, 2.24) is 4.98 Å². The molecule has 0 unspecified atom stereocenters. The second kappa shape index (κ2) is 5.60. The highest BCUT2D eigenvalue weighted by atomic mass is 127. The van der Waals surface area contributed by atoms with Gasteiger partial charge in [0, 0.05) is 27.9 Å². The summed E-state index contributed by atoms with van der Waals surface area (Å²) in [5.41, 5.74) is 1.55. The van der Waals surface area contributed by atoms with Crippen LogP contribution in [0.4, 0.5) is 0 Å². The predicted molar refractivity (Wildman–Crippen MR) is 76.4 cm³/mol. The maximum absolute atomic E-state index is 12.0. The summed E-state index contributed by atoms with van der Waals surface area (Å²) < 4.78 is 0.946. The van der Waals surface area contributed by atoms with Crippen molar-refractivity contribution in [2.24, 2.45) is 0 Å². The van der Waals surface area contributed by atoms with Gasteiger partial charge in [-0.1, -0.05) is 23.7 Å². The molecule has 0 aliphatic rings. The first-order valence-electron chi connectivity index (χ1n) is 5.04.